The summed E-state index contributed by atoms with van der Waals surface area (Å²) in [6, 6.07) is 7.90. The van der Waals surface area contributed by atoms with Crippen LogP contribution in [0.4, 0.5) is 28.8 Å². The summed E-state index contributed by atoms with van der Waals surface area (Å²) >= 11 is 6.33. The van der Waals surface area contributed by atoms with Crippen molar-refractivity contribution in [3.8, 4) is 0 Å². The number of benzene rings is 1. The van der Waals surface area contributed by atoms with Gasteiger partial charge in [0.1, 0.15) is 5.02 Å². The molecule has 1 amide bonds. The predicted octanol–water partition coefficient (Wildman–Crippen LogP) is 2.95. The van der Waals surface area contributed by atoms with E-state index >= 15 is 0 Å². The highest BCUT2D eigenvalue weighted by Gasteiger charge is 2.16. The Kier molecular flexibility index (Phi) is 6.34. The summed E-state index contributed by atoms with van der Waals surface area (Å²) in [5.41, 5.74) is 4.55. The number of fused-ring (bicyclic) bond motifs is 6. The molecular weight excluding hydrogens is 440 g/mol. The molecule has 2 aliphatic heterocycles. The number of hydrogen-bond donors (Lipinski definition) is 4. The van der Waals surface area contributed by atoms with Crippen molar-refractivity contribution in [2.75, 3.05) is 48.7 Å². The van der Waals surface area contributed by atoms with Crippen LogP contribution < -0.4 is 21.3 Å². The van der Waals surface area contributed by atoms with Crippen LogP contribution in [0.5, 0.6) is 0 Å². The van der Waals surface area contributed by atoms with Gasteiger partial charge >= 0.3 is 0 Å². The Bertz CT molecular complexity index is 1160. The van der Waals surface area contributed by atoms with Crippen LogP contribution in [0.3, 0.4) is 0 Å². The average Bonchev–Trinajstić information content (AvgIpc) is 2.82. The van der Waals surface area contributed by atoms with Gasteiger partial charge in [0, 0.05) is 43.8 Å². The SMILES string of the molecule is O=C(CN1CCNCC1)Nc1ccc2cc1CCc1cncc(c1)Nc1ncc(Cl)c(n1)N2. The Morgan fingerprint density at radius 3 is 2.82 bits per heavy atom. The molecule has 1 saturated heterocycles. The zero-order valence-corrected chi connectivity index (χ0v) is 18.8. The van der Waals surface area contributed by atoms with E-state index < -0.39 is 0 Å². The van der Waals surface area contributed by atoms with Crippen molar-refractivity contribution < 1.29 is 4.79 Å². The summed E-state index contributed by atoms with van der Waals surface area (Å²) in [5, 5.41) is 13.3. The van der Waals surface area contributed by atoms with Gasteiger partial charge in [-0.2, -0.15) is 4.98 Å². The van der Waals surface area contributed by atoms with Gasteiger partial charge in [-0.3, -0.25) is 14.7 Å². The lowest BCUT2D eigenvalue weighted by atomic mass is 10.0. The normalized spacial score (nSPS) is 15.8. The number of piperazine rings is 1. The van der Waals surface area contributed by atoms with E-state index in [0.29, 0.717) is 23.3 Å². The zero-order chi connectivity index (χ0) is 22.6. The quantitative estimate of drug-likeness (QED) is 0.468. The third kappa shape index (κ3) is 5.39. The molecule has 9 nitrogen and oxygen atoms in total. The maximum absolute atomic E-state index is 12.7. The molecule has 6 bridgehead atoms. The van der Waals surface area contributed by atoms with Crippen molar-refractivity contribution in [2.24, 2.45) is 0 Å². The molecule has 0 radical (unpaired) electrons. The minimum absolute atomic E-state index is 0.00636. The summed E-state index contributed by atoms with van der Waals surface area (Å²) in [6.07, 6.45) is 6.65. The summed E-state index contributed by atoms with van der Waals surface area (Å²) < 4.78 is 0. The van der Waals surface area contributed by atoms with Crippen molar-refractivity contribution in [3.63, 3.8) is 0 Å². The van der Waals surface area contributed by atoms with Crippen LogP contribution in [-0.2, 0) is 17.6 Å². The third-order valence-corrected chi connectivity index (χ3v) is 5.97. The number of nitrogens with zero attached hydrogens (tertiary/aromatic N) is 4. The molecule has 0 saturated carbocycles. The fourth-order valence-electron chi connectivity index (χ4n) is 4.01. The van der Waals surface area contributed by atoms with Crippen LogP contribution in [0, 0.1) is 0 Å². The topological polar surface area (TPSA) is 107 Å². The average molecular weight is 465 g/mol. The van der Waals surface area contributed by atoms with Gasteiger partial charge < -0.3 is 21.3 Å². The van der Waals surface area contributed by atoms with Crippen molar-refractivity contribution >= 4 is 46.3 Å². The van der Waals surface area contributed by atoms with Crippen LogP contribution >= 0.6 is 11.6 Å². The summed E-state index contributed by atoms with van der Waals surface area (Å²) in [7, 11) is 0. The first-order valence-corrected chi connectivity index (χ1v) is 11.4. The molecule has 2 aromatic heterocycles. The molecule has 0 aliphatic carbocycles. The lowest BCUT2D eigenvalue weighted by Crippen LogP contribution is -2.46. The van der Waals surface area contributed by atoms with Crippen LogP contribution in [0.15, 0.2) is 42.9 Å². The Hall–Kier alpha value is -3.27. The number of hydrogen-bond acceptors (Lipinski definition) is 8. The molecule has 5 rings (SSSR count). The molecule has 4 heterocycles. The number of rotatable bonds is 3. The number of aryl methyl sites for hydroxylation is 2. The number of carbonyl (C=O) groups excluding carboxylic acids is 1. The van der Waals surface area contributed by atoms with Gasteiger partial charge in [-0.05, 0) is 48.2 Å². The van der Waals surface area contributed by atoms with Gasteiger partial charge in [-0.15, -0.1) is 0 Å². The van der Waals surface area contributed by atoms with Crippen LogP contribution in [0.2, 0.25) is 5.02 Å². The Morgan fingerprint density at radius 1 is 1.06 bits per heavy atom. The monoisotopic (exact) mass is 464 g/mol. The van der Waals surface area contributed by atoms with Gasteiger partial charge in [-0.25, -0.2) is 4.98 Å². The minimum Gasteiger partial charge on any atom is -0.339 e. The number of halogens is 1. The van der Waals surface area contributed by atoms with Crippen LogP contribution in [0.1, 0.15) is 11.1 Å². The molecule has 2 aliphatic rings. The second-order valence-electron chi connectivity index (χ2n) is 8.17. The lowest BCUT2D eigenvalue weighted by molar-refractivity contribution is -0.117. The van der Waals surface area contributed by atoms with Crippen molar-refractivity contribution in [3.05, 3.63) is 59.0 Å². The zero-order valence-electron chi connectivity index (χ0n) is 18.1. The first-order chi connectivity index (χ1) is 16.1. The maximum Gasteiger partial charge on any atom is 0.238 e. The van der Waals surface area contributed by atoms with Crippen molar-refractivity contribution in [1.29, 1.82) is 0 Å². The predicted molar refractivity (Wildman–Crippen MR) is 130 cm³/mol. The van der Waals surface area contributed by atoms with Crippen molar-refractivity contribution in [2.45, 2.75) is 12.8 Å². The smallest absolute Gasteiger partial charge is 0.238 e. The lowest BCUT2D eigenvalue weighted by Gasteiger charge is -2.26. The second kappa shape index (κ2) is 9.70. The maximum atomic E-state index is 12.7. The molecule has 4 N–H and O–H groups in total. The second-order valence-corrected chi connectivity index (χ2v) is 8.58. The van der Waals surface area contributed by atoms with E-state index in [1.54, 1.807) is 12.4 Å². The number of carbonyl (C=O) groups is 1. The molecule has 33 heavy (non-hydrogen) atoms. The number of aromatic nitrogens is 3. The van der Waals surface area contributed by atoms with E-state index in [2.05, 4.69) is 41.1 Å². The Morgan fingerprint density at radius 2 is 1.94 bits per heavy atom. The highest BCUT2D eigenvalue weighted by atomic mass is 35.5. The Balaban J connectivity index is 1.43. The molecular formula is C23H25ClN8O. The third-order valence-electron chi connectivity index (χ3n) is 5.70. The molecule has 170 valence electrons. The largest absolute Gasteiger partial charge is 0.339 e. The van der Waals surface area contributed by atoms with E-state index in [9.17, 15) is 4.79 Å². The number of amides is 1. The summed E-state index contributed by atoms with van der Waals surface area (Å²) in [5.74, 6) is 0.921. The van der Waals surface area contributed by atoms with E-state index in [1.165, 1.54) is 0 Å². The van der Waals surface area contributed by atoms with E-state index in [0.717, 1.165) is 67.2 Å². The van der Waals surface area contributed by atoms with Gasteiger partial charge in [0.25, 0.3) is 0 Å². The molecule has 0 atom stereocenters. The fourth-order valence-corrected chi connectivity index (χ4v) is 4.15. The number of nitrogens with one attached hydrogen (secondary N) is 4. The van der Waals surface area contributed by atoms with E-state index in [1.807, 2.05) is 30.5 Å². The minimum atomic E-state index is -0.00636. The molecule has 0 unspecified atom stereocenters. The van der Waals surface area contributed by atoms with Crippen LogP contribution in [-0.4, -0.2) is 58.5 Å². The first-order valence-electron chi connectivity index (χ1n) is 11.0. The fraction of sp³-hybridized carbons (Fsp3) is 0.304. The van der Waals surface area contributed by atoms with Gasteiger partial charge in [0.15, 0.2) is 5.82 Å². The van der Waals surface area contributed by atoms with Gasteiger partial charge in [0.05, 0.1) is 24.6 Å². The van der Waals surface area contributed by atoms with E-state index in [-0.39, 0.29) is 5.91 Å². The standard InChI is InChI=1S/C23H25ClN8O/c24-19-13-27-23-29-18-9-15(11-26-12-18)1-2-16-10-17(28-22(19)31-23)3-4-20(16)30-21(33)14-32-7-5-25-6-8-32/h3-4,9-13,25H,1-2,5-8,14H2,(H,30,33)(H2,27,28,29,31). The van der Waals surface area contributed by atoms with Gasteiger partial charge in [-0.1, -0.05) is 11.6 Å². The summed E-state index contributed by atoms with van der Waals surface area (Å²) in [6.45, 7) is 3.96. The summed E-state index contributed by atoms with van der Waals surface area (Å²) in [4.78, 5) is 28.0. The van der Waals surface area contributed by atoms with E-state index in [4.69, 9.17) is 11.6 Å². The highest BCUT2D eigenvalue weighted by Crippen LogP contribution is 2.29. The number of pyridine rings is 1. The number of anilines is 5. The highest BCUT2D eigenvalue weighted by molar-refractivity contribution is 6.32. The van der Waals surface area contributed by atoms with Crippen molar-refractivity contribution in [1.82, 2.24) is 25.2 Å². The molecule has 1 aromatic carbocycles. The molecule has 0 spiro atoms. The Labute approximate surface area is 197 Å². The van der Waals surface area contributed by atoms with Gasteiger partial charge in [0.2, 0.25) is 11.9 Å². The molecule has 10 heteroatoms. The first kappa shape index (κ1) is 21.6. The molecule has 3 aromatic rings. The molecule has 1 fully saturated rings. The van der Waals surface area contributed by atoms with Crippen LogP contribution in [0.25, 0.3) is 0 Å².